The van der Waals surface area contributed by atoms with E-state index in [9.17, 15) is 13.2 Å². The molecule has 8 heteroatoms. The van der Waals surface area contributed by atoms with E-state index < -0.39 is 10.0 Å². The molecule has 0 radical (unpaired) electrons. The van der Waals surface area contributed by atoms with Gasteiger partial charge in [0, 0.05) is 26.3 Å². The van der Waals surface area contributed by atoms with Crippen LogP contribution < -0.4 is 10.0 Å². The number of hydrogen-bond donors (Lipinski definition) is 2. The number of benzene rings is 1. The number of sulfonamides is 1. The Hall–Kier alpha value is -2.16. The van der Waals surface area contributed by atoms with E-state index in [0.29, 0.717) is 12.2 Å². The molecule has 0 aliphatic heterocycles. The Labute approximate surface area is 161 Å². The van der Waals surface area contributed by atoms with E-state index in [1.54, 1.807) is 7.05 Å². The Balaban J connectivity index is 2.13. The van der Waals surface area contributed by atoms with Crippen LogP contribution in [0.3, 0.4) is 0 Å². The summed E-state index contributed by atoms with van der Waals surface area (Å²) in [6, 6.07) is 9.40. The molecule has 0 aliphatic carbocycles. The molecule has 0 unspecified atom stereocenters. The monoisotopic (exact) mass is 392 g/mol. The van der Waals surface area contributed by atoms with Crippen LogP contribution in [-0.4, -0.2) is 43.9 Å². The number of rotatable bonds is 9. The van der Waals surface area contributed by atoms with Crippen LogP contribution in [0.5, 0.6) is 0 Å². The summed E-state index contributed by atoms with van der Waals surface area (Å²) in [5.74, 6) is -0.312. The molecule has 148 valence electrons. The Morgan fingerprint density at radius 3 is 2.37 bits per heavy atom. The number of carbonyl (C=O) groups is 1. The van der Waals surface area contributed by atoms with Gasteiger partial charge < -0.3 is 9.88 Å². The van der Waals surface area contributed by atoms with Crippen LogP contribution in [0.2, 0.25) is 0 Å². The van der Waals surface area contributed by atoms with Crippen molar-refractivity contribution in [3.05, 3.63) is 53.3 Å². The summed E-state index contributed by atoms with van der Waals surface area (Å²) in [5, 5.41) is 2.90. The predicted molar refractivity (Wildman–Crippen MR) is 106 cm³/mol. The summed E-state index contributed by atoms with van der Waals surface area (Å²) in [6.07, 6.45) is 1.43. The third-order valence-corrected chi connectivity index (χ3v) is 6.02. The Morgan fingerprint density at radius 2 is 1.78 bits per heavy atom. The van der Waals surface area contributed by atoms with Crippen LogP contribution >= 0.6 is 0 Å². The van der Waals surface area contributed by atoms with Gasteiger partial charge in [-0.25, -0.2) is 13.1 Å². The third kappa shape index (κ3) is 5.18. The second-order valence-corrected chi connectivity index (χ2v) is 8.18. The molecule has 2 aromatic rings. The Kier molecular flexibility index (Phi) is 7.18. The van der Waals surface area contributed by atoms with E-state index in [1.165, 1.54) is 29.4 Å². The van der Waals surface area contributed by atoms with Crippen molar-refractivity contribution in [2.75, 3.05) is 20.1 Å². The maximum atomic E-state index is 12.6. The normalized spacial score (nSPS) is 11.7. The minimum atomic E-state index is -3.58. The SMILES string of the molecule is CCN(CC)Cc1ccccc1CNC(=O)c1cc(S(=O)(=O)NC)cn1C. The third-order valence-electron chi connectivity index (χ3n) is 4.64. The second kappa shape index (κ2) is 9.16. The molecule has 0 atom stereocenters. The summed E-state index contributed by atoms with van der Waals surface area (Å²) in [7, 11) is -0.590. The van der Waals surface area contributed by atoms with Crippen LogP contribution in [-0.2, 0) is 30.2 Å². The van der Waals surface area contributed by atoms with Crippen molar-refractivity contribution in [1.29, 1.82) is 0 Å². The van der Waals surface area contributed by atoms with E-state index in [1.807, 2.05) is 18.2 Å². The lowest BCUT2D eigenvalue weighted by Gasteiger charge is -2.20. The van der Waals surface area contributed by atoms with Gasteiger partial charge in [-0.1, -0.05) is 38.1 Å². The zero-order chi connectivity index (χ0) is 20.0. The van der Waals surface area contributed by atoms with Crippen LogP contribution in [0.25, 0.3) is 0 Å². The van der Waals surface area contributed by atoms with Gasteiger partial charge >= 0.3 is 0 Å². The van der Waals surface area contributed by atoms with Gasteiger partial charge in [-0.15, -0.1) is 0 Å². The number of nitrogens with one attached hydrogen (secondary N) is 2. The average molecular weight is 393 g/mol. The van der Waals surface area contributed by atoms with Gasteiger partial charge in [0.05, 0.1) is 0 Å². The van der Waals surface area contributed by atoms with Crippen molar-refractivity contribution >= 4 is 15.9 Å². The summed E-state index contributed by atoms with van der Waals surface area (Å²) in [5.41, 5.74) is 2.52. The van der Waals surface area contributed by atoms with Gasteiger partial charge in [0.25, 0.3) is 5.91 Å². The predicted octanol–water partition coefficient (Wildman–Crippen LogP) is 1.70. The molecule has 1 aromatic carbocycles. The van der Waals surface area contributed by atoms with Gasteiger partial charge in [-0.3, -0.25) is 9.69 Å². The van der Waals surface area contributed by atoms with Crippen molar-refractivity contribution in [2.24, 2.45) is 7.05 Å². The van der Waals surface area contributed by atoms with Crippen LogP contribution in [0.1, 0.15) is 35.5 Å². The fourth-order valence-corrected chi connectivity index (χ4v) is 3.66. The van der Waals surface area contributed by atoms with E-state index in [0.717, 1.165) is 25.2 Å². The molecule has 27 heavy (non-hydrogen) atoms. The molecular formula is C19H28N4O3S. The zero-order valence-corrected chi connectivity index (χ0v) is 17.1. The number of aryl methyl sites for hydroxylation is 1. The first-order valence-corrected chi connectivity index (χ1v) is 10.5. The highest BCUT2D eigenvalue weighted by atomic mass is 32.2. The fraction of sp³-hybridized carbons (Fsp3) is 0.421. The minimum Gasteiger partial charge on any atom is -0.347 e. The summed E-state index contributed by atoms with van der Waals surface area (Å²) < 4.78 is 27.6. The molecule has 7 nitrogen and oxygen atoms in total. The fourth-order valence-electron chi connectivity index (χ4n) is 2.86. The van der Waals surface area contributed by atoms with E-state index in [4.69, 9.17) is 0 Å². The van der Waals surface area contributed by atoms with Crippen LogP contribution in [0, 0.1) is 0 Å². The lowest BCUT2D eigenvalue weighted by atomic mass is 10.1. The number of carbonyl (C=O) groups excluding carboxylic acids is 1. The topological polar surface area (TPSA) is 83.4 Å². The lowest BCUT2D eigenvalue weighted by molar-refractivity contribution is 0.0942. The average Bonchev–Trinajstić information content (AvgIpc) is 3.07. The van der Waals surface area contributed by atoms with E-state index in [-0.39, 0.29) is 10.8 Å². The van der Waals surface area contributed by atoms with Gasteiger partial charge in [0.15, 0.2) is 0 Å². The van der Waals surface area contributed by atoms with Gasteiger partial charge in [-0.2, -0.15) is 0 Å². The smallest absolute Gasteiger partial charge is 0.268 e. The Bertz CT molecular complexity index is 886. The molecule has 1 amide bonds. The maximum absolute atomic E-state index is 12.6. The molecular weight excluding hydrogens is 364 g/mol. The minimum absolute atomic E-state index is 0.0691. The Morgan fingerprint density at radius 1 is 1.15 bits per heavy atom. The first-order valence-electron chi connectivity index (χ1n) is 8.99. The molecule has 0 bridgehead atoms. The summed E-state index contributed by atoms with van der Waals surface area (Å²) in [6.45, 7) is 7.38. The first-order chi connectivity index (χ1) is 12.8. The zero-order valence-electron chi connectivity index (χ0n) is 16.3. The van der Waals surface area contributed by atoms with Crippen LogP contribution in [0.15, 0.2) is 41.4 Å². The second-order valence-electron chi connectivity index (χ2n) is 6.29. The molecule has 0 aliphatic rings. The highest BCUT2D eigenvalue weighted by Crippen LogP contribution is 2.15. The number of aromatic nitrogens is 1. The van der Waals surface area contributed by atoms with Crippen molar-refractivity contribution in [3.8, 4) is 0 Å². The molecule has 0 fully saturated rings. The van der Waals surface area contributed by atoms with Crippen molar-refractivity contribution in [2.45, 2.75) is 31.8 Å². The van der Waals surface area contributed by atoms with Gasteiger partial charge in [0.1, 0.15) is 10.6 Å². The summed E-state index contributed by atoms with van der Waals surface area (Å²) >= 11 is 0. The number of nitrogens with zero attached hydrogens (tertiary/aromatic N) is 2. The van der Waals surface area contributed by atoms with E-state index in [2.05, 4.69) is 34.9 Å². The lowest BCUT2D eigenvalue weighted by Crippen LogP contribution is -2.27. The number of hydrogen-bond acceptors (Lipinski definition) is 4. The molecule has 0 saturated heterocycles. The highest BCUT2D eigenvalue weighted by Gasteiger charge is 2.19. The standard InChI is InChI=1S/C19H28N4O3S/c1-5-23(6-2)13-16-10-8-7-9-15(16)12-21-19(24)18-11-17(14-22(18)4)27(25,26)20-3/h7-11,14,20H,5-6,12-13H2,1-4H3,(H,21,24). The van der Waals surface area contributed by atoms with Crippen molar-refractivity contribution in [1.82, 2.24) is 19.5 Å². The summed E-state index contributed by atoms with van der Waals surface area (Å²) in [4.78, 5) is 14.9. The number of amides is 1. The van der Waals surface area contributed by atoms with Crippen molar-refractivity contribution < 1.29 is 13.2 Å². The van der Waals surface area contributed by atoms with Gasteiger partial charge in [0.2, 0.25) is 10.0 Å². The van der Waals surface area contributed by atoms with Gasteiger partial charge in [-0.05, 0) is 37.3 Å². The van der Waals surface area contributed by atoms with E-state index >= 15 is 0 Å². The molecule has 2 N–H and O–H groups in total. The molecule has 1 heterocycles. The molecule has 2 rings (SSSR count). The molecule has 1 aromatic heterocycles. The highest BCUT2D eigenvalue weighted by molar-refractivity contribution is 7.89. The molecule has 0 saturated carbocycles. The van der Waals surface area contributed by atoms with Crippen LogP contribution in [0.4, 0.5) is 0 Å². The maximum Gasteiger partial charge on any atom is 0.268 e. The molecule has 0 spiro atoms. The van der Waals surface area contributed by atoms with Crippen molar-refractivity contribution in [3.63, 3.8) is 0 Å². The quantitative estimate of drug-likeness (QED) is 0.680. The largest absolute Gasteiger partial charge is 0.347 e. The first kappa shape index (κ1) is 21.1.